The zero-order chi connectivity index (χ0) is 15.6. The third-order valence-electron chi connectivity index (χ3n) is 2.84. The van der Waals surface area contributed by atoms with Gasteiger partial charge >= 0.3 is 0 Å². The van der Waals surface area contributed by atoms with Crippen molar-refractivity contribution in [3.05, 3.63) is 44.3 Å². The summed E-state index contributed by atoms with van der Waals surface area (Å²) in [6, 6.07) is 6.01. The van der Waals surface area contributed by atoms with E-state index in [1.165, 1.54) is 4.88 Å². The molecule has 8 heteroatoms. The number of aryl methyl sites for hydroxylation is 1. The van der Waals surface area contributed by atoms with Gasteiger partial charge in [-0.3, -0.25) is 0 Å². The Morgan fingerprint density at radius 1 is 1.33 bits per heavy atom. The maximum atomic E-state index is 13.3. The van der Waals surface area contributed by atoms with Crippen LogP contribution in [-0.4, -0.2) is 8.42 Å². The van der Waals surface area contributed by atoms with E-state index in [1.807, 2.05) is 19.1 Å². The molecule has 1 heterocycles. The lowest BCUT2D eigenvalue weighted by atomic mass is 10.3. The van der Waals surface area contributed by atoms with E-state index < -0.39 is 15.8 Å². The molecule has 0 fully saturated rings. The monoisotopic (exact) mass is 392 g/mol. The van der Waals surface area contributed by atoms with Crippen molar-refractivity contribution in [2.75, 3.05) is 5.73 Å². The molecular formula is C13H14BrFN2O2S2. The molecule has 21 heavy (non-hydrogen) atoms. The molecule has 1 aromatic carbocycles. The van der Waals surface area contributed by atoms with Crippen LogP contribution in [0.1, 0.15) is 16.7 Å². The van der Waals surface area contributed by atoms with E-state index >= 15 is 0 Å². The third kappa shape index (κ3) is 3.82. The van der Waals surface area contributed by atoms with Crippen LogP contribution < -0.4 is 10.5 Å². The molecule has 3 N–H and O–H groups in total. The Hall–Kier alpha value is -0.960. The van der Waals surface area contributed by atoms with Crippen LogP contribution in [0.25, 0.3) is 0 Å². The Bertz CT molecular complexity index is 760. The summed E-state index contributed by atoms with van der Waals surface area (Å²) in [5.74, 6) is -0.660. The number of rotatable bonds is 5. The third-order valence-corrected chi connectivity index (χ3v) is 6.43. The van der Waals surface area contributed by atoms with E-state index in [-0.39, 0.29) is 21.6 Å². The number of nitrogens with one attached hydrogen (secondary N) is 1. The Labute approximate surface area is 135 Å². The maximum absolute atomic E-state index is 13.3. The number of hydrogen-bond donors (Lipinski definition) is 2. The van der Waals surface area contributed by atoms with Crippen LogP contribution in [0.3, 0.4) is 0 Å². The van der Waals surface area contributed by atoms with Gasteiger partial charge in [0.25, 0.3) is 0 Å². The van der Waals surface area contributed by atoms with Crippen LogP contribution in [-0.2, 0) is 23.0 Å². The van der Waals surface area contributed by atoms with Gasteiger partial charge in [0.15, 0.2) is 0 Å². The second kappa shape index (κ2) is 6.43. The number of sulfonamides is 1. The van der Waals surface area contributed by atoms with Crippen LogP contribution in [0, 0.1) is 5.82 Å². The lowest BCUT2D eigenvalue weighted by Crippen LogP contribution is -2.23. The highest BCUT2D eigenvalue weighted by molar-refractivity contribution is 9.10. The molecular weight excluding hydrogens is 379 g/mol. The summed E-state index contributed by atoms with van der Waals surface area (Å²) < 4.78 is 40.4. The van der Waals surface area contributed by atoms with E-state index in [9.17, 15) is 12.8 Å². The minimum atomic E-state index is -3.76. The second-order valence-electron chi connectivity index (χ2n) is 4.35. The van der Waals surface area contributed by atoms with Gasteiger partial charge in [0.1, 0.15) is 5.82 Å². The van der Waals surface area contributed by atoms with Crippen molar-refractivity contribution in [3.63, 3.8) is 0 Å². The van der Waals surface area contributed by atoms with E-state index in [0.29, 0.717) is 0 Å². The molecule has 0 spiro atoms. The zero-order valence-corrected chi connectivity index (χ0v) is 14.4. The molecule has 0 unspecified atom stereocenters. The Balaban J connectivity index is 2.20. The van der Waals surface area contributed by atoms with Gasteiger partial charge < -0.3 is 5.73 Å². The summed E-state index contributed by atoms with van der Waals surface area (Å²) >= 11 is 4.60. The Morgan fingerprint density at radius 3 is 2.62 bits per heavy atom. The fourth-order valence-corrected chi connectivity index (χ4v) is 4.74. The van der Waals surface area contributed by atoms with Crippen molar-refractivity contribution in [2.45, 2.75) is 24.8 Å². The summed E-state index contributed by atoms with van der Waals surface area (Å²) in [7, 11) is -3.76. The Kier molecular flexibility index (Phi) is 5.03. The first kappa shape index (κ1) is 16.4. The number of anilines is 1. The molecule has 0 amide bonds. The molecule has 4 nitrogen and oxygen atoms in total. The average Bonchev–Trinajstić information content (AvgIpc) is 2.88. The second-order valence-corrected chi connectivity index (χ2v) is 8.19. The predicted molar refractivity (Wildman–Crippen MR) is 86.2 cm³/mol. The van der Waals surface area contributed by atoms with Gasteiger partial charge in [-0.15, -0.1) is 11.3 Å². The summed E-state index contributed by atoms with van der Waals surface area (Å²) in [6.07, 6.45) is 0.914. The topological polar surface area (TPSA) is 72.2 Å². The van der Waals surface area contributed by atoms with Crippen LogP contribution in [0.5, 0.6) is 0 Å². The molecule has 0 bridgehead atoms. The van der Waals surface area contributed by atoms with Crippen molar-refractivity contribution in [2.24, 2.45) is 0 Å². The number of nitrogen functional groups attached to an aromatic ring is 1. The molecule has 0 atom stereocenters. The fourth-order valence-electron chi connectivity index (χ4n) is 1.70. The highest BCUT2D eigenvalue weighted by atomic mass is 79.9. The number of halogens is 2. The van der Waals surface area contributed by atoms with E-state index in [1.54, 1.807) is 11.3 Å². The lowest BCUT2D eigenvalue weighted by Gasteiger charge is -2.09. The van der Waals surface area contributed by atoms with Crippen molar-refractivity contribution in [1.82, 2.24) is 4.72 Å². The van der Waals surface area contributed by atoms with E-state index in [2.05, 4.69) is 20.7 Å². The van der Waals surface area contributed by atoms with E-state index in [4.69, 9.17) is 5.73 Å². The largest absolute Gasteiger partial charge is 0.396 e. The van der Waals surface area contributed by atoms with Crippen molar-refractivity contribution in [1.29, 1.82) is 0 Å². The van der Waals surface area contributed by atoms with Gasteiger partial charge in [0.05, 0.1) is 10.6 Å². The summed E-state index contributed by atoms with van der Waals surface area (Å²) in [6.45, 7) is 2.23. The van der Waals surface area contributed by atoms with Gasteiger partial charge in [-0.05, 0) is 46.6 Å². The number of thiophene rings is 1. The maximum Gasteiger partial charge on any atom is 0.242 e. The molecule has 0 radical (unpaired) electrons. The van der Waals surface area contributed by atoms with Crippen LogP contribution in [0.4, 0.5) is 10.1 Å². The van der Waals surface area contributed by atoms with E-state index in [0.717, 1.165) is 23.4 Å². The molecule has 0 aliphatic carbocycles. The highest BCUT2D eigenvalue weighted by Crippen LogP contribution is 2.27. The summed E-state index contributed by atoms with van der Waals surface area (Å²) in [4.78, 5) is 2.03. The lowest BCUT2D eigenvalue weighted by molar-refractivity contribution is 0.580. The summed E-state index contributed by atoms with van der Waals surface area (Å²) in [5, 5.41) is 0. The minimum Gasteiger partial charge on any atom is -0.396 e. The fraction of sp³-hybridized carbons (Fsp3) is 0.231. The van der Waals surface area contributed by atoms with Crippen molar-refractivity contribution < 1.29 is 12.8 Å². The zero-order valence-electron chi connectivity index (χ0n) is 11.2. The molecule has 0 aliphatic rings. The highest BCUT2D eigenvalue weighted by Gasteiger charge is 2.19. The first-order valence-corrected chi connectivity index (χ1v) is 9.24. The molecule has 2 rings (SSSR count). The number of hydrogen-bond acceptors (Lipinski definition) is 4. The minimum absolute atomic E-state index is 0.0753. The van der Waals surface area contributed by atoms with Crippen molar-refractivity contribution in [3.8, 4) is 0 Å². The quantitative estimate of drug-likeness (QED) is 0.766. The number of nitrogens with two attached hydrogens (primary N) is 1. The molecule has 0 saturated carbocycles. The molecule has 0 aliphatic heterocycles. The van der Waals surface area contributed by atoms with Gasteiger partial charge in [-0.25, -0.2) is 17.5 Å². The first-order valence-electron chi connectivity index (χ1n) is 6.15. The van der Waals surface area contributed by atoms with Gasteiger partial charge in [-0.2, -0.15) is 0 Å². The van der Waals surface area contributed by atoms with Gasteiger partial charge in [-0.1, -0.05) is 6.92 Å². The molecule has 1 aromatic heterocycles. The standard InChI is InChI=1S/C13H14BrFN2O2S2/c1-2-8-3-4-9(20-8)7-17-21(18,19)13-6-12(16)11(15)5-10(13)14/h3-6,17H,2,7,16H2,1H3. The van der Waals surface area contributed by atoms with Gasteiger partial charge in [0.2, 0.25) is 10.0 Å². The SMILES string of the molecule is CCc1ccc(CNS(=O)(=O)c2cc(N)c(F)cc2Br)s1. The summed E-state index contributed by atoms with van der Waals surface area (Å²) in [5.41, 5.74) is 5.22. The molecule has 2 aromatic rings. The van der Waals surface area contributed by atoms with Crippen LogP contribution in [0.15, 0.2) is 33.6 Å². The average molecular weight is 393 g/mol. The normalized spacial score (nSPS) is 11.8. The Morgan fingerprint density at radius 2 is 2.00 bits per heavy atom. The number of benzene rings is 1. The van der Waals surface area contributed by atoms with Gasteiger partial charge in [0, 0.05) is 20.8 Å². The van der Waals surface area contributed by atoms with Crippen LogP contribution >= 0.6 is 27.3 Å². The van der Waals surface area contributed by atoms with Crippen molar-refractivity contribution >= 4 is 43.0 Å². The predicted octanol–water partition coefficient (Wildman–Crippen LogP) is 3.27. The molecule has 0 saturated heterocycles. The first-order chi connectivity index (χ1) is 9.83. The van der Waals surface area contributed by atoms with Crippen LogP contribution in [0.2, 0.25) is 0 Å². The smallest absolute Gasteiger partial charge is 0.242 e. The molecule has 114 valence electrons.